The maximum atomic E-state index is 13.3. The smallest absolute Gasteiger partial charge is 0.295 e. The van der Waals surface area contributed by atoms with E-state index in [0.717, 1.165) is 17.7 Å². The second kappa shape index (κ2) is 7.63. The summed E-state index contributed by atoms with van der Waals surface area (Å²) in [5.74, 6) is -2.68. The van der Waals surface area contributed by atoms with Gasteiger partial charge in [0.2, 0.25) is 5.78 Å². The Kier molecular flexibility index (Phi) is 4.87. The van der Waals surface area contributed by atoms with Gasteiger partial charge in [0.15, 0.2) is 12.4 Å². The SMILES string of the molecule is O=C1C(=O)N(Cc2ccc[nH+]c2)C(c2ccncc2)C1=C([O-])c1ccc(F)cc1. The molecule has 0 bridgehead atoms. The van der Waals surface area contributed by atoms with Crippen molar-refractivity contribution < 1.29 is 24.1 Å². The summed E-state index contributed by atoms with van der Waals surface area (Å²) in [6.45, 7) is 0.148. The van der Waals surface area contributed by atoms with Gasteiger partial charge in [0.25, 0.3) is 5.91 Å². The van der Waals surface area contributed by atoms with Crippen LogP contribution in [0.5, 0.6) is 0 Å². The lowest BCUT2D eigenvalue weighted by Gasteiger charge is -2.27. The highest BCUT2D eigenvalue weighted by Crippen LogP contribution is 2.39. The second-order valence-electron chi connectivity index (χ2n) is 6.61. The van der Waals surface area contributed by atoms with Gasteiger partial charge in [0.05, 0.1) is 12.6 Å². The number of benzene rings is 1. The summed E-state index contributed by atoms with van der Waals surface area (Å²) in [7, 11) is 0. The number of ketones is 1. The minimum atomic E-state index is -0.851. The molecule has 1 atom stereocenters. The summed E-state index contributed by atoms with van der Waals surface area (Å²) in [6, 6.07) is 11.0. The predicted octanol–water partition coefficient (Wildman–Crippen LogP) is 1.46. The third-order valence-corrected chi connectivity index (χ3v) is 4.78. The molecule has 1 fully saturated rings. The monoisotopic (exact) mass is 389 g/mol. The summed E-state index contributed by atoms with van der Waals surface area (Å²) in [4.78, 5) is 33.9. The molecule has 1 aromatic carbocycles. The quantitative estimate of drug-likeness (QED) is 0.384. The van der Waals surface area contributed by atoms with Crippen molar-refractivity contribution in [3.8, 4) is 0 Å². The van der Waals surface area contributed by atoms with E-state index in [0.29, 0.717) is 5.56 Å². The number of nitrogens with one attached hydrogen (secondary N) is 1. The van der Waals surface area contributed by atoms with Crippen LogP contribution in [0, 0.1) is 5.82 Å². The molecule has 1 unspecified atom stereocenters. The van der Waals surface area contributed by atoms with Crippen LogP contribution in [0.15, 0.2) is 78.9 Å². The Balaban J connectivity index is 1.85. The van der Waals surface area contributed by atoms with E-state index in [1.54, 1.807) is 30.6 Å². The fourth-order valence-corrected chi connectivity index (χ4v) is 3.41. The van der Waals surface area contributed by atoms with E-state index in [1.165, 1.54) is 29.4 Å². The molecule has 4 rings (SSSR count). The first-order valence-electron chi connectivity index (χ1n) is 8.93. The Morgan fingerprint density at radius 2 is 1.83 bits per heavy atom. The number of carbonyl (C=O) groups excluding carboxylic acids is 2. The highest BCUT2D eigenvalue weighted by molar-refractivity contribution is 6.46. The van der Waals surface area contributed by atoms with Gasteiger partial charge in [-0.25, -0.2) is 9.37 Å². The van der Waals surface area contributed by atoms with E-state index >= 15 is 0 Å². The van der Waals surface area contributed by atoms with Gasteiger partial charge in [0.1, 0.15) is 5.82 Å². The molecule has 1 N–H and O–H groups in total. The molecule has 144 valence electrons. The Morgan fingerprint density at radius 3 is 2.48 bits per heavy atom. The van der Waals surface area contributed by atoms with Crippen molar-refractivity contribution in [2.45, 2.75) is 12.6 Å². The summed E-state index contributed by atoms with van der Waals surface area (Å²) in [5.41, 5.74) is 1.39. The second-order valence-corrected chi connectivity index (χ2v) is 6.61. The molecule has 1 saturated heterocycles. The zero-order chi connectivity index (χ0) is 20.4. The number of aromatic nitrogens is 2. The van der Waals surface area contributed by atoms with Crippen LogP contribution >= 0.6 is 0 Å². The van der Waals surface area contributed by atoms with Gasteiger partial charge in [-0.1, -0.05) is 17.9 Å². The maximum absolute atomic E-state index is 13.3. The van der Waals surface area contributed by atoms with E-state index < -0.39 is 29.3 Å². The minimum absolute atomic E-state index is 0.146. The number of nitrogens with zero attached hydrogens (tertiary/aromatic N) is 2. The van der Waals surface area contributed by atoms with E-state index in [2.05, 4.69) is 9.97 Å². The number of pyridine rings is 2. The van der Waals surface area contributed by atoms with Crippen LogP contribution < -0.4 is 10.1 Å². The number of hydrogen-bond acceptors (Lipinski definition) is 4. The normalized spacial score (nSPS) is 18.2. The molecule has 1 aliphatic rings. The van der Waals surface area contributed by atoms with Crippen LogP contribution in [0.1, 0.15) is 22.7 Å². The highest BCUT2D eigenvalue weighted by atomic mass is 19.1. The van der Waals surface area contributed by atoms with Crippen molar-refractivity contribution in [2.75, 3.05) is 0 Å². The third-order valence-electron chi connectivity index (χ3n) is 4.78. The van der Waals surface area contributed by atoms with Crippen molar-refractivity contribution in [3.63, 3.8) is 0 Å². The summed E-state index contributed by atoms with van der Waals surface area (Å²) < 4.78 is 13.3. The molecule has 0 radical (unpaired) electrons. The van der Waals surface area contributed by atoms with E-state index in [1.807, 2.05) is 6.07 Å². The van der Waals surface area contributed by atoms with Gasteiger partial charge in [-0.05, 0) is 41.5 Å². The maximum Gasteiger partial charge on any atom is 0.295 e. The Hall–Kier alpha value is -3.87. The molecular weight excluding hydrogens is 373 g/mol. The molecule has 2 aromatic heterocycles. The molecule has 0 aliphatic carbocycles. The van der Waals surface area contributed by atoms with E-state index in [-0.39, 0.29) is 17.7 Å². The van der Waals surface area contributed by atoms with Crippen LogP contribution in [-0.4, -0.2) is 21.6 Å². The number of amides is 1. The third kappa shape index (κ3) is 3.50. The molecule has 6 nitrogen and oxygen atoms in total. The molecule has 3 heterocycles. The van der Waals surface area contributed by atoms with E-state index in [9.17, 15) is 19.1 Å². The number of likely N-dealkylation sites (tertiary alicyclic amines) is 1. The zero-order valence-electron chi connectivity index (χ0n) is 15.2. The summed E-state index contributed by atoms with van der Waals surface area (Å²) >= 11 is 0. The fraction of sp³-hybridized carbons (Fsp3) is 0.0909. The number of Topliss-reactive ketones (excluding diaryl/α,β-unsaturated/α-hetero) is 1. The first kappa shape index (κ1) is 18.5. The molecule has 3 aromatic rings. The first-order valence-corrected chi connectivity index (χ1v) is 8.93. The zero-order valence-corrected chi connectivity index (χ0v) is 15.2. The van der Waals surface area contributed by atoms with Gasteiger partial charge in [-0.2, -0.15) is 0 Å². The van der Waals surface area contributed by atoms with Crippen molar-refractivity contribution in [1.29, 1.82) is 0 Å². The van der Waals surface area contributed by atoms with E-state index in [4.69, 9.17) is 0 Å². The molecular formula is C22H16FN3O3. The van der Waals surface area contributed by atoms with Gasteiger partial charge in [0, 0.05) is 29.6 Å². The first-order chi connectivity index (χ1) is 14.1. The largest absolute Gasteiger partial charge is 0.872 e. The van der Waals surface area contributed by atoms with Gasteiger partial charge < -0.3 is 10.0 Å². The van der Waals surface area contributed by atoms with Crippen LogP contribution in [0.25, 0.3) is 5.76 Å². The van der Waals surface area contributed by atoms with Crippen LogP contribution in [-0.2, 0) is 16.1 Å². The number of H-pyrrole nitrogens is 1. The summed E-state index contributed by atoms with van der Waals surface area (Å²) in [6.07, 6.45) is 6.53. The Morgan fingerprint density at radius 1 is 1.10 bits per heavy atom. The molecule has 0 saturated carbocycles. The molecule has 7 heteroatoms. The Labute approximate surface area is 166 Å². The van der Waals surface area contributed by atoms with Crippen LogP contribution in [0.3, 0.4) is 0 Å². The molecule has 1 aliphatic heterocycles. The predicted molar refractivity (Wildman–Crippen MR) is 98.9 cm³/mol. The number of hydrogen-bond donors (Lipinski definition) is 0. The van der Waals surface area contributed by atoms with Crippen molar-refractivity contribution in [1.82, 2.24) is 9.88 Å². The molecule has 1 amide bonds. The average molecular weight is 389 g/mol. The molecule has 29 heavy (non-hydrogen) atoms. The highest BCUT2D eigenvalue weighted by Gasteiger charge is 2.44. The lowest BCUT2D eigenvalue weighted by Crippen LogP contribution is -2.29. The lowest BCUT2D eigenvalue weighted by atomic mass is 9.96. The average Bonchev–Trinajstić information content (AvgIpc) is 3.00. The summed E-state index contributed by atoms with van der Waals surface area (Å²) in [5, 5.41) is 13.1. The topological polar surface area (TPSA) is 87.5 Å². The van der Waals surface area contributed by atoms with Crippen LogP contribution in [0.4, 0.5) is 4.39 Å². The van der Waals surface area contributed by atoms with Gasteiger partial charge in [-0.3, -0.25) is 14.6 Å². The standard InChI is InChI=1S/C22H16FN3O3/c23-17-5-3-16(4-6-17)20(27)18-19(15-7-10-24-11-8-15)26(22(29)21(18)28)13-14-2-1-9-25-12-14/h1-12,19,27H,13H2. The minimum Gasteiger partial charge on any atom is -0.872 e. The van der Waals surface area contributed by atoms with Crippen molar-refractivity contribution in [3.05, 3.63) is 101 Å². The molecule has 0 spiro atoms. The van der Waals surface area contributed by atoms with Crippen molar-refractivity contribution in [2.24, 2.45) is 0 Å². The van der Waals surface area contributed by atoms with Gasteiger partial charge >= 0.3 is 0 Å². The number of carbonyl (C=O) groups is 2. The van der Waals surface area contributed by atoms with Crippen LogP contribution in [0.2, 0.25) is 0 Å². The lowest BCUT2D eigenvalue weighted by molar-refractivity contribution is -0.378. The fourth-order valence-electron chi connectivity index (χ4n) is 3.41. The Bertz CT molecular complexity index is 1080. The van der Waals surface area contributed by atoms with Gasteiger partial charge in [-0.15, -0.1) is 0 Å². The van der Waals surface area contributed by atoms with Crippen molar-refractivity contribution >= 4 is 17.4 Å². The number of rotatable bonds is 4. The number of aromatic amines is 1. The number of halogens is 1.